The molecule has 0 bridgehead atoms. The van der Waals surface area contributed by atoms with Gasteiger partial charge in [-0.1, -0.05) is 30.3 Å². The lowest BCUT2D eigenvalue weighted by atomic mass is 9.98. The van der Waals surface area contributed by atoms with Crippen LogP contribution in [0.4, 0.5) is 17.6 Å². The van der Waals surface area contributed by atoms with Gasteiger partial charge < -0.3 is 5.32 Å². The number of alkyl halides is 3. The summed E-state index contributed by atoms with van der Waals surface area (Å²) in [6.07, 6.45) is -3.17. The number of aryl methyl sites for hydroxylation is 2. The molecule has 0 saturated heterocycles. The molecule has 2 unspecified atom stereocenters. The molecule has 3 aromatic rings. The topological polar surface area (TPSA) is 71.1 Å². The third-order valence-corrected chi connectivity index (χ3v) is 6.49. The fourth-order valence-electron chi connectivity index (χ4n) is 3.57. The Labute approximate surface area is 209 Å². The largest absolute Gasteiger partial charge is 0.433 e. The number of rotatable bonds is 8. The number of aromatic nitrogens is 1. The molecule has 2 atom stereocenters. The molecule has 5 nitrogen and oxygen atoms in total. The van der Waals surface area contributed by atoms with Crippen molar-refractivity contribution in [3.63, 3.8) is 0 Å². The minimum atomic E-state index is -4.61. The van der Waals surface area contributed by atoms with Crippen LogP contribution in [0.1, 0.15) is 46.4 Å². The summed E-state index contributed by atoms with van der Waals surface area (Å²) in [7, 11) is -1.29. The van der Waals surface area contributed by atoms with Gasteiger partial charge in [-0.05, 0) is 61.2 Å². The summed E-state index contributed by atoms with van der Waals surface area (Å²) in [5.41, 5.74) is 2.70. The van der Waals surface area contributed by atoms with E-state index in [9.17, 15) is 26.6 Å². The van der Waals surface area contributed by atoms with Crippen LogP contribution in [-0.4, -0.2) is 21.4 Å². The molecule has 192 valence electrons. The number of pyridine rings is 1. The van der Waals surface area contributed by atoms with Crippen molar-refractivity contribution in [1.29, 1.82) is 0 Å². The van der Waals surface area contributed by atoms with Gasteiger partial charge in [-0.25, -0.2) is 18.3 Å². The van der Waals surface area contributed by atoms with E-state index in [0.717, 1.165) is 17.2 Å². The van der Waals surface area contributed by atoms with Crippen LogP contribution in [0.25, 0.3) is 11.3 Å². The number of nitrogens with one attached hydrogen (secondary N) is 2. The number of halogens is 4. The summed E-state index contributed by atoms with van der Waals surface area (Å²) in [4.78, 5) is 16.7. The van der Waals surface area contributed by atoms with E-state index in [1.807, 2.05) is 19.9 Å². The van der Waals surface area contributed by atoms with Crippen molar-refractivity contribution in [3.8, 4) is 11.3 Å². The number of carbonyl (C=O) groups is 1. The second-order valence-electron chi connectivity index (χ2n) is 8.57. The van der Waals surface area contributed by atoms with Crippen LogP contribution < -0.4 is 10.0 Å². The lowest BCUT2D eigenvalue weighted by Gasteiger charge is -2.17. The molecule has 1 aromatic heterocycles. The van der Waals surface area contributed by atoms with E-state index >= 15 is 0 Å². The molecule has 1 amide bonds. The fourth-order valence-corrected chi connectivity index (χ4v) is 3.93. The Morgan fingerprint density at radius 1 is 1.00 bits per heavy atom. The average molecular weight is 522 g/mol. The smallest absolute Gasteiger partial charge is 0.351 e. The molecule has 36 heavy (non-hydrogen) atoms. The van der Waals surface area contributed by atoms with Gasteiger partial charge in [0.2, 0.25) is 5.91 Å². The van der Waals surface area contributed by atoms with Gasteiger partial charge in [0, 0.05) is 30.5 Å². The van der Waals surface area contributed by atoms with Crippen molar-refractivity contribution >= 4 is 16.9 Å². The number of hydrogen-bond donors (Lipinski definition) is 2. The molecule has 0 aliphatic carbocycles. The van der Waals surface area contributed by atoms with Crippen molar-refractivity contribution in [2.45, 2.75) is 46.0 Å². The van der Waals surface area contributed by atoms with Gasteiger partial charge >= 0.3 is 6.18 Å². The van der Waals surface area contributed by atoms with E-state index in [4.69, 9.17) is 0 Å². The van der Waals surface area contributed by atoms with E-state index < -0.39 is 40.5 Å². The summed E-state index contributed by atoms with van der Waals surface area (Å²) in [6.45, 7) is 5.40. The average Bonchev–Trinajstić information content (AvgIpc) is 2.82. The van der Waals surface area contributed by atoms with Crippen molar-refractivity contribution in [1.82, 2.24) is 15.0 Å². The summed E-state index contributed by atoms with van der Waals surface area (Å²) in [5.74, 6) is -1.66. The van der Waals surface area contributed by atoms with E-state index in [0.29, 0.717) is 22.3 Å². The van der Waals surface area contributed by atoms with Gasteiger partial charge in [-0.15, -0.1) is 0 Å². The maximum absolute atomic E-state index is 14.4. The molecule has 3 rings (SSSR count). The first kappa shape index (κ1) is 27.5. The second kappa shape index (κ2) is 11.3. The molecular formula is C26H27F4N3O2S. The van der Waals surface area contributed by atoms with Crippen LogP contribution in [0.2, 0.25) is 0 Å². The van der Waals surface area contributed by atoms with E-state index in [1.54, 1.807) is 25.1 Å². The third kappa shape index (κ3) is 6.76. The first-order valence-corrected chi connectivity index (χ1v) is 12.7. The molecular weight excluding hydrogens is 494 g/mol. The highest BCUT2D eigenvalue weighted by Crippen LogP contribution is 2.32. The van der Waals surface area contributed by atoms with Crippen LogP contribution in [0.5, 0.6) is 0 Å². The van der Waals surface area contributed by atoms with Gasteiger partial charge in [0.05, 0.1) is 22.6 Å². The zero-order chi connectivity index (χ0) is 26.6. The number of nitrogens with zero attached hydrogens (tertiary/aromatic N) is 1. The standard InChI is InChI=1S/C26H27F4N3O2S/c1-15-5-6-19(11-16(15)2)24-21(9-10-23(33-24)26(28,29)30)13-31-25(34)17(3)18-7-8-20(22(27)12-18)14-32-36(4)35/h5-12,17,32H,13-14H2,1-4H3,(H,31,34). The lowest BCUT2D eigenvalue weighted by Crippen LogP contribution is -2.28. The van der Waals surface area contributed by atoms with Crippen molar-refractivity contribution in [2.75, 3.05) is 6.26 Å². The van der Waals surface area contributed by atoms with E-state index in [1.165, 1.54) is 24.5 Å². The molecule has 1 heterocycles. The van der Waals surface area contributed by atoms with Crippen molar-refractivity contribution < 1.29 is 26.6 Å². The van der Waals surface area contributed by atoms with Crippen molar-refractivity contribution in [2.24, 2.45) is 0 Å². The molecule has 2 N–H and O–H groups in total. The maximum atomic E-state index is 14.4. The molecule has 10 heteroatoms. The quantitative estimate of drug-likeness (QED) is 0.394. The SMILES string of the molecule is Cc1ccc(-c2nc(C(F)(F)F)ccc2CNC(=O)C(C)c2ccc(CNS(C)=O)c(F)c2)cc1C. The lowest BCUT2D eigenvalue weighted by molar-refractivity contribution is -0.141. The maximum Gasteiger partial charge on any atom is 0.433 e. The molecule has 0 aliphatic heterocycles. The second-order valence-corrected chi connectivity index (χ2v) is 9.76. The number of hydrogen-bond acceptors (Lipinski definition) is 3. The van der Waals surface area contributed by atoms with Gasteiger partial charge in [-0.3, -0.25) is 4.79 Å². The normalized spacial score (nSPS) is 13.3. The summed E-state index contributed by atoms with van der Waals surface area (Å²) in [5, 5.41) is 2.73. The highest BCUT2D eigenvalue weighted by atomic mass is 32.2. The highest BCUT2D eigenvalue weighted by Gasteiger charge is 2.33. The Hall–Kier alpha value is -3.11. The molecule has 0 saturated carbocycles. The number of carbonyl (C=O) groups excluding carboxylic acids is 1. The predicted octanol–water partition coefficient (Wildman–Crippen LogP) is 5.33. The zero-order valence-electron chi connectivity index (χ0n) is 20.3. The third-order valence-electron chi connectivity index (χ3n) is 5.94. The molecule has 0 spiro atoms. The Balaban J connectivity index is 1.81. The molecule has 0 fully saturated rings. The van der Waals surface area contributed by atoms with Crippen LogP contribution in [0, 0.1) is 19.7 Å². The minimum Gasteiger partial charge on any atom is -0.351 e. The highest BCUT2D eigenvalue weighted by molar-refractivity contribution is 7.82. The van der Waals surface area contributed by atoms with Gasteiger partial charge in [0.25, 0.3) is 0 Å². The molecule has 2 aromatic carbocycles. The predicted molar refractivity (Wildman–Crippen MR) is 132 cm³/mol. The summed E-state index contributed by atoms with van der Waals surface area (Å²) < 4.78 is 68.2. The first-order chi connectivity index (χ1) is 16.9. The summed E-state index contributed by atoms with van der Waals surface area (Å²) in [6, 6.07) is 11.9. The Bertz CT molecular complexity index is 1290. The van der Waals surface area contributed by atoms with Gasteiger partial charge in [0.15, 0.2) is 0 Å². The minimum absolute atomic E-state index is 0.0522. The number of benzene rings is 2. The zero-order valence-corrected chi connectivity index (χ0v) is 21.1. The Morgan fingerprint density at radius 3 is 2.31 bits per heavy atom. The van der Waals surface area contributed by atoms with Crippen molar-refractivity contribution in [3.05, 3.63) is 87.9 Å². The van der Waals surface area contributed by atoms with E-state index in [2.05, 4.69) is 15.0 Å². The van der Waals surface area contributed by atoms with Crippen LogP contribution in [0.3, 0.4) is 0 Å². The van der Waals surface area contributed by atoms with Crippen LogP contribution >= 0.6 is 0 Å². The Morgan fingerprint density at radius 2 is 1.69 bits per heavy atom. The van der Waals surface area contributed by atoms with Gasteiger partial charge in [0.1, 0.15) is 11.5 Å². The van der Waals surface area contributed by atoms with E-state index in [-0.39, 0.29) is 18.8 Å². The van der Waals surface area contributed by atoms with Crippen LogP contribution in [-0.2, 0) is 35.0 Å². The molecule has 0 radical (unpaired) electrons. The summed E-state index contributed by atoms with van der Waals surface area (Å²) >= 11 is 0. The Kier molecular flexibility index (Phi) is 8.63. The fraction of sp³-hybridized carbons (Fsp3) is 0.308. The monoisotopic (exact) mass is 521 g/mol. The first-order valence-electron chi connectivity index (χ1n) is 11.1. The molecule has 0 aliphatic rings. The van der Waals surface area contributed by atoms with Crippen LogP contribution in [0.15, 0.2) is 48.5 Å². The van der Waals surface area contributed by atoms with Gasteiger partial charge in [-0.2, -0.15) is 13.2 Å². The number of amides is 1.